The average Bonchev–Trinajstić information content (AvgIpc) is 3.01. The molecule has 4 nitrogen and oxygen atoms in total. The lowest BCUT2D eigenvalue weighted by Gasteiger charge is -2.02. The molecule has 1 aliphatic carbocycles. The molecule has 1 amide bonds. The molecule has 2 aromatic rings. The maximum atomic E-state index is 12.1. The molecular formula is C16H16N3OS+. The van der Waals surface area contributed by atoms with Gasteiger partial charge in [0.2, 0.25) is 6.54 Å². The van der Waals surface area contributed by atoms with Gasteiger partial charge < -0.3 is 5.32 Å². The highest BCUT2D eigenvalue weighted by molar-refractivity contribution is 7.16. The van der Waals surface area contributed by atoms with Crippen LogP contribution in [0.15, 0.2) is 24.5 Å². The highest BCUT2D eigenvalue weighted by atomic mass is 32.1. The van der Waals surface area contributed by atoms with E-state index >= 15 is 0 Å². The predicted molar refractivity (Wildman–Crippen MR) is 81.1 cm³/mol. The van der Waals surface area contributed by atoms with E-state index in [1.165, 1.54) is 4.88 Å². The van der Waals surface area contributed by atoms with Crippen molar-refractivity contribution >= 4 is 22.2 Å². The van der Waals surface area contributed by atoms with E-state index in [-0.39, 0.29) is 12.5 Å². The van der Waals surface area contributed by atoms with Gasteiger partial charge >= 0.3 is 0 Å². The number of anilines is 1. The Morgan fingerprint density at radius 1 is 1.43 bits per heavy atom. The van der Waals surface area contributed by atoms with E-state index < -0.39 is 0 Å². The van der Waals surface area contributed by atoms with Crippen molar-refractivity contribution in [2.75, 3.05) is 5.32 Å². The number of nitrogens with one attached hydrogen (secondary N) is 1. The summed E-state index contributed by atoms with van der Waals surface area (Å²) in [5.74, 6) is -0.0970. The van der Waals surface area contributed by atoms with Crippen molar-refractivity contribution in [2.45, 2.75) is 32.7 Å². The quantitative estimate of drug-likeness (QED) is 0.884. The number of hydrogen-bond acceptors (Lipinski definition) is 3. The summed E-state index contributed by atoms with van der Waals surface area (Å²) in [6.07, 6.45) is 6.86. The number of nitriles is 1. The summed E-state index contributed by atoms with van der Waals surface area (Å²) in [4.78, 5) is 13.4. The molecule has 5 heteroatoms. The van der Waals surface area contributed by atoms with Gasteiger partial charge in [-0.05, 0) is 37.3 Å². The molecule has 0 saturated heterocycles. The van der Waals surface area contributed by atoms with Crippen molar-refractivity contribution in [3.63, 3.8) is 0 Å². The Morgan fingerprint density at radius 3 is 2.90 bits per heavy atom. The van der Waals surface area contributed by atoms with Crippen LogP contribution >= 0.6 is 11.3 Å². The smallest absolute Gasteiger partial charge is 0.290 e. The third-order valence-electron chi connectivity index (χ3n) is 3.67. The normalized spacial score (nSPS) is 12.8. The first-order valence-corrected chi connectivity index (χ1v) is 7.79. The summed E-state index contributed by atoms with van der Waals surface area (Å²) in [6.45, 7) is 2.27. The van der Waals surface area contributed by atoms with Crippen LogP contribution in [0.2, 0.25) is 0 Å². The maximum absolute atomic E-state index is 12.1. The molecule has 0 aliphatic heterocycles. The Kier molecular flexibility index (Phi) is 3.72. The topological polar surface area (TPSA) is 56.8 Å². The van der Waals surface area contributed by atoms with Crippen LogP contribution in [0, 0.1) is 18.3 Å². The van der Waals surface area contributed by atoms with Crippen LogP contribution in [0.1, 0.15) is 28.0 Å². The lowest BCUT2D eigenvalue weighted by Crippen LogP contribution is -2.39. The minimum atomic E-state index is -0.0970. The van der Waals surface area contributed by atoms with Gasteiger partial charge in [-0.1, -0.05) is 0 Å². The molecule has 0 saturated carbocycles. The number of rotatable bonds is 3. The minimum Gasteiger partial charge on any atom is -0.311 e. The van der Waals surface area contributed by atoms with Gasteiger partial charge in [-0.15, -0.1) is 11.3 Å². The standard InChI is InChI=1S/C16H15N3OS/c1-11-5-7-19(8-6-11)10-15(20)18-16-13(9-17)12-3-2-4-14(12)21-16/h5-8H,2-4,10H2,1H3/p+1. The summed E-state index contributed by atoms with van der Waals surface area (Å²) < 4.78 is 1.83. The predicted octanol–water partition coefficient (Wildman–Crippen LogP) is 2.34. The Hall–Kier alpha value is -2.19. The lowest BCUT2D eigenvalue weighted by atomic mass is 10.1. The van der Waals surface area contributed by atoms with Gasteiger partial charge in [-0.2, -0.15) is 9.83 Å². The van der Waals surface area contributed by atoms with Crippen LogP contribution in [0.5, 0.6) is 0 Å². The Morgan fingerprint density at radius 2 is 2.19 bits per heavy atom. The summed E-state index contributed by atoms with van der Waals surface area (Å²) in [7, 11) is 0. The molecule has 3 rings (SSSR count). The van der Waals surface area contributed by atoms with Crippen LogP contribution < -0.4 is 9.88 Å². The Labute approximate surface area is 127 Å². The largest absolute Gasteiger partial charge is 0.311 e. The van der Waals surface area contributed by atoms with E-state index in [4.69, 9.17) is 0 Å². The van der Waals surface area contributed by atoms with Gasteiger partial charge in [0, 0.05) is 17.0 Å². The first-order chi connectivity index (χ1) is 10.2. The summed E-state index contributed by atoms with van der Waals surface area (Å²) in [6, 6.07) is 6.17. The van der Waals surface area contributed by atoms with Crippen molar-refractivity contribution < 1.29 is 9.36 Å². The number of carbonyl (C=O) groups excluding carboxylic acids is 1. The molecule has 0 atom stereocenters. The molecule has 2 heterocycles. The highest BCUT2D eigenvalue weighted by Gasteiger charge is 2.23. The second-order valence-corrected chi connectivity index (χ2v) is 6.37. The molecule has 1 N–H and O–H groups in total. The SMILES string of the molecule is Cc1cc[n+](CC(=O)Nc2sc3c(c2C#N)CCC3)cc1. The van der Waals surface area contributed by atoms with Crippen LogP contribution in [0.25, 0.3) is 0 Å². The molecule has 0 unspecified atom stereocenters. The van der Waals surface area contributed by atoms with Gasteiger partial charge in [0.1, 0.15) is 11.1 Å². The molecule has 106 valence electrons. The zero-order valence-electron chi connectivity index (χ0n) is 11.8. The second kappa shape index (κ2) is 5.66. The Bertz CT molecular complexity index is 725. The number of aryl methyl sites for hydroxylation is 2. The van der Waals surface area contributed by atoms with E-state index in [1.54, 1.807) is 11.3 Å². The van der Waals surface area contributed by atoms with Crippen molar-refractivity contribution in [3.05, 3.63) is 46.1 Å². The fraction of sp³-hybridized carbons (Fsp3) is 0.312. The number of nitrogens with zero attached hydrogens (tertiary/aromatic N) is 2. The molecule has 0 radical (unpaired) electrons. The molecular weight excluding hydrogens is 282 g/mol. The number of carbonyl (C=O) groups is 1. The summed E-state index contributed by atoms with van der Waals surface area (Å²) >= 11 is 1.55. The molecule has 0 aromatic carbocycles. The molecule has 2 aromatic heterocycles. The van der Waals surface area contributed by atoms with Gasteiger partial charge in [0.05, 0.1) is 5.56 Å². The van der Waals surface area contributed by atoms with Crippen LogP contribution in [0.4, 0.5) is 5.00 Å². The number of fused-ring (bicyclic) bond motifs is 1. The van der Waals surface area contributed by atoms with E-state index in [0.29, 0.717) is 10.6 Å². The minimum absolute atomic E-state index is 0.0970. The highest BCUT2D eigenvalue weighted by Crippen LogP contribution is 2.38. The summed E-state index contributed by atoms with van der Waals surface area (Å²) in [5.41, 5.74) is 2.96. The van der Waals surface area contributed by atoms with E-state index in [0.717, 1.165) is 30.4 Å². The van der Waals surface area contributed by atoms with Crippen LogP contribution in [0.3, 0.4) is 0 Å². The van der Waals surface area contributed by atoms with Gasteiger partial charge in [0.25, 0.3) is 5.91 Å². The molecule has 21 heavy (non-hydrogen) atoms. The lowest BCUT2D eigenvalue weighted by molar-refractivity contribution is -0.684. The number of aromatic nitrogens is 1. The van der Waals surface area contributed by atoms with Gasteiger partial charge in [-0.25, -0.2) is 0 Å². The van der Waals surface area contributed by atoms with Crippen molar-refractivity contribution in [2.24, 2.45) is 0 Å². The molecule has 0 spiro atoms. The zero-order chi connectivity index (χ0) is 14.8. The Balaban J connectivity index is 1.73. The number of hydrogen-bond donors (Lipinski definition) is 1. The number of amides is 1. The first kappa shape index (κ1) is 13.8. The number of pyridine rings is 1. The van der Waals surface area contributed by atoms with E-state index in [1.807, 2.05) is 36.0 Å². The van der Waals surface area contributed by atoms with Gasteiger partial charge in [0.15, 0.2) is 12.4 Å². The monoisotopic (exact) mass is 298 g/mol. The van der Waals surface area contributed by atoms with Crippen LogP contribution in [-0.2, 0) is 24.2 Å². The van der Waals surface area contributed by atoms with E-state index in [9.17, 15) is 10.1 Å². The van der Waals surface area contributed by atoms with E-state index in [2.05, 4.69) is 11.4 Å². The second-order valence-electron chi connectivity index (χ2n) is 5.27. The molecule has 1 aliphatic rings. The van der Waals surface area contributed by atoms with Gasteiger partial charge in [-0.3, -0.25) is 4.79 Å². The van der Waals surface area contributed by atoms with Crippen molar-refractivity contribution in [3.8, 4) is 6.07 Å². The fourth-order valence-corrected chi connectivity index (χ4v) is 3.84. The van der Waals surface area contributed by atoms with Crippen molar-refractivity contribution in [1.82, 2.24) is 0 Å². The number of thiophene rings is 1. The molecule has 0 bridgehead atoms. The third kappa shape index (κ3) is 2.81. The molecule has 0 fully saturated rings. The maximum Gasteiger partial charge on any atom is 0.290 e. The van der Waals surface area contributed by atoms with Crippen LogP contribution in [-0.4, -0.2) is 5.91 Å². The first-order valence-electron chi connectivity index (χ1n) is 6.97. The average molecular weight is 298 g/mol. The summed E-state index contributed by atoms with van der Waals surface area (Å²) in [5, 5.41) is 12.9. The van der Waals surface area contributed by atoms with Crippen molar-refractivity contribution in [1.29, 1.82) is 5.26 Å². The fourth-order valence-electron chi connectivity index (χ4n) is 2.58. The zero-order valence-corrected chi connectivity index (χ0v) is 12.7. The third-order valence-corrected chi connectivity index (χ3v) is 4.88.